The fraction of sp³-hybridized carbons (Fsp3) is 0.600. The van der Waals surface area contributed by atoms with Crippen molar-refractivity contribution in [3.05, 3.63) is 28.7 Å². The van der Waals surface area contributed by atoms with Gasteiger partial charge in [-0.2, -0.15) is 4.98 Å². The summed E-state index contributed by atoms with van der Waals surface area (Å²) in [7, 11) is 0. The maximum Gasteiger partial charge on any atom is 0.231 e. The summed E-state index contributed by atoms with van der Waals surface area (Å²) in [5, 5.41) is 7.74. The van der Waals surface area contributed by atoms with Crippen LogP contribution in [0.2, 0.25) is 0 Å². The summed E-state index contributed by atoms with van der Waals surface area (Å²) in [6.45, 7) is 6.90. The number of carbonyl (C=O) groups is 1. The first-order valence-corrected chi connectivity index (χ1v) is 7.54. The minimum atomic E-state index is 0.0929. The number of carbonyl (C=O) groups excluding carboxylic acids is 1. The molecule has 7 nitrogen and oxygen atoms in total. The standard InChI is InChI=1S/C15H20N4O3/c1-9-13(10(2)21-17-9)7-14(20)19-6-4-5-12(8-19)15-16-11(3)18-22-15/h12H,4-8H2,1-3H3. The Kier molecular flexibility index (Phi) is 3.96. The largest absolute Gasteiger partial charge is 0.361 e. The molecule has 0 radical (unpaired) electrons. The summed E-state index contributed by atoms with van der Waals surface area (Å²) >= 11 is 0. The van der Waals surface area contributed by atoms with Crippen molar-refractivity contribution < 1.29 is 13.8 Å². The average molecular weight is 304 g/mol. The van der Waals surface area contributed by atoms with Gasteiger partial charge in [-0.05, 0) is 33.6 Å². The van der Waals surface area contributed by atoms with Crippen LogP contribution in [0.25, 0.3) is 0 Å². The molecule has 0 aliphatic carbocycles. The minimum absolute atomic E-state index is 0.0929. The highest BCUT2D eigenvalue weighted by Crippen LogP contribution is 2.26. The molecule has 1 aliphatic rings. The quantitative estimate of drug-likeness (QED) is 0.861. The minimum Gasteiger partial charge on any atom is -0.361 e. The molecule has 22 heavy (non-hydrogen) atoms. The fourth-order valence-electron chi connectivity index (χ4n) is 2.90. The third kappa shape index (κ3) is 2.88. The van der Waals surface area contributed by atoms with Crippen LogP contribution in [0.15, 0.2) is 9.05 Å². The van der Waals surface area contributed by atoms with E-state index in [-0.39, 0.29) is 11.8 Å². The van der Waals surface area contributed by atoms with Crippen LogP contribution in [0.3, 0.4) is 0 Å². The molecular weight excluding hydrogens is 284 g/mol. The van der Waals surface area contributed by atoms with Gasteiger partial charge < -0.3 is 13.9 Å². The third-order valence-electron chi connectivity index (χ3n) is 4.18. The van der Waals surface area contributed by atoms with Crippen molar-refractivity contribution in [1.29, 1.82) is 0 Å². The normalized spacial score (nSPS) is 18.7. The number of rotatable bonds is 3. The van der Waals surface area contributed by atoms with Crippen LogP contribution in [0, 0.1) is 20.8 Å². The van der Waals surface area contributed by atoms with E-state index < -0.39 is 0 Å². The summed E-state index contributed by atoms with van der Waals surface area (Å²) in [4.78, 5) is 18.7. The van der Waals surface area contributed by atoms with E-state index in [4.69, 9.17) is 9.05 Å². The molecule has 3 heterocycles. The molecule has 0 N–H and O–H groups in total. The molecule has 118 valence electrons. The first-order valence-electron chi connectivity index (χ1n) is 7.54. The van der Waals surface area contributed by atoms with Gasteiger partial charge in [0.05, 0.1) is 18.0 Å². The van der Waals surface area contributed by atoms with Crippen LogP contribution in [0.1, 0.15) is 47.5 Å². The fourth-order valence-corrected chi connectivity index (χ4v) is 2.90. The molecule has 0 aromatic carbocycles. The van der Waals surface area contributed by atoms with Crippen molar-refractivity contribution in [3.8, 4) is 0 Å². The lowest BCUT2D eigenvalue weighted by atomic mass is 9.97. The number of likely N-dealkylation sites (tertiary alicyclic amines) is 1. The molecule has 3 rings (SSSR count). The van der Waals surface area contributed by atoms with E-state index in [0.29, 0.717) is 30.4 Å². The van der Waals surface area contributed by atoms with Gasteiger partial charge in [-0.3, -0.25) is 4.79 Å². The summed E-state index contributed by atoms with van der Waals surface area (Å²) in [6.07, 6.45) is 2.24. The Morgan fingerprint density at radius 2 is 2.09 bits per heavy atom. The number of piperidine rings is 1. The van der Waals surface area contributed by atoms with E-state index in [9.17, 15) is 4.79 Å². The first-order chi connectivity index (χ1) is 10.5. The smallest absolute Gasteiger partial charge is 0.231 e. The Hall–Kier alpha value is -2.18. The molecule has 2 aromatic rings. The van der Waals surface area contributed by atoms with E-state index in [1.807, 2.05) is 18.7 Å². The Morgan fingerprint density at radius 1 is 1.27 bits per heavy atom. The van der Waals surface area contributed by atoms with E-state index in [0.717, 1.165) is 30.6 Å². The summed E-state index contributed by atoms with van der Waals surface area (Å²) < 4.78 is 10.4. The van der Waals surface area contributed by atoms with Crippen molar-refractivity contribution in [1.82, 2.24) is 20.2 Å². The molecule has 0 bridgehead atoms. The zero-order valence-corrected chi connectivity index (χ0v) is 13.1. The van der Waals surface area contributed by atoms with Gasteiger partial charge in [0.1, 0.15) is 5.76 Å². The number of aryl methyl sites for hydroxylation is 3. The summed E-state index contributed by atoms with van der Waals surface area (Å²) in [5.74, 6) is 2.20. The van der Waals surface area contributed by atoms with Crippen LogP contribution in [0.4, 0.5) is 0 Å². The topological polar surface area (TPSA) is 85.3 Å². The van der Waals surface area contributed by atoms with E-state index in [1.54, 1.807) is 6.92 Å². The molecule has 1 fully saturated rings. The lowest BCUT2D eigenvalue weighted by molar-refractivity contribution is -0.131. The van der Waals surface area contributed by atoms with Crippen LogP contribution in [-0.4, -0.2) is 39.2 Å². The Bertz CT molecular complexity index is 657. The molecule has 1 atom stereocenters. The van der Waals surface area contributed by atoms with Crippen LogP contribution in [-0.2, 0) is 11.2 Å². The molecule has 1 aliphatic heterocycles. The van der Waals surface area contributed by atoms with Gasteiger partial charge in [0, 0.05) is 18.7 Å². The second-order valence-electron chi connectivity index (χ2n) is 5.84. The molecule has 2 aromatic heterocycles. The highest BCUT2D eigenvalue weighted by molar-refractivity contribution is 5.79. The van der Waals surface area contributed by atoms with Gasteiger partial charge >= 0.3 is 0 Å². The van der Waals surface area contributed by atoms with Crippen LogP contribution < -0.4 is 0 Å². The monoisotopic (exact) mass is 304 g/mol. The zero-order chi connectivity index (χ0) is 15.7. The summed E-state index contributed by atoms with van der Waals surface area (Å²) in [6, 6.07) is 0. The predicted molar refractivity (Wildman–Crippen MR) is 77.3 cm³/mol. The molecule has 1 amide bonds. The number of amides is 1. The van der Waals surface area contributed by atoms with Crippen molar-refractivity contribution in [2.24, 2.45) is 0 Å². The van der Waals surface area contributed by atoms with E-state index in [1.165, 1.54) is 0 Å². The van der Waals surface area contributed by atoms with Crippen molar-refractivity contribution in [2.45, 2.75) is 46.0 Å². The highest BCUT2D eigenvalue weighted by Gasteiger charge is 2.29. The second kappa shape index (κ2) is 5.90. The number of aromatic nitrogens is 3. The summed E-state index contributed by atoms with van der Waals surface area (Å²) in [5.41, 5.74) is 1.67. The van der Waals surface area contributed by atoms with Gasteiger partial charge in [-0.1, -0.05) is 10.3 Å². The average Bonchev–Trinajstić information content (AvgIpc) is 3.08. The second-order valence-corrected chi connectivity index (χ2v) is 5.84. The maximum atomic E-state index is 12.5. The van der Waals surface area contributed by atoms with Gasteiger partial charge in [0.2, 0.25) is 11.8 Å². The lowest BCUT2D eigenvalue weighted by Crippen LogP contribution is -2.40. The molecule has 0 spiro atoms. The highest BCUT2D eigenvalue weighted by atomic mass is 16.5. The van der Waals surface area contributed by atoms with Gasteiger partial charge in [-0.15, -0.1) is 0 Å². The van der Waals surface area contributed by atoms with Crippen molar-refractivity contribution in [2.75, 3.05) is 13.1 Å². The Balaban J connectivity index is 1.68. The first kappa shape index (κ1) is 14.7. The molecule has 7 heteroatoms. The number of nitrogens with zero attached hydrogens (tertiary/aromatic N) is 4. The molecule has 0 saturated carbocycles. The SMILES string of the molecule is Cc1noc(C2CCCN(C(=O)Cc3c(C)noc3C)C2)n1. The van der Waals surface area contributed by atoms with Gasteiger partial charge in [0.15, 0.2) is 5.82 Å². The number of hydrogen-bond acceptors (Lipinski definition) is 6. The van der Waals surface area contributed by atoms with Crippen LogP contribution in [0.5, 0.6) is 0 Å². The lowest BCUT2D eigenvalue weighted by Gasteiger charge is -2.31. The van der Waals surface area contributed by atoms with E-state index in [2.05, 4.69) is 15.3 Å². The Labute approximate surface area is 128 Å². The van der Waals surface area contributed by atoms with E-state index >= 15 is 0 Å². The predicted octanol–water partition coefficient (Wildman–Crippen LogP) is 1.93. The zero-order valence-electron chi connectivity index (χ0n) is 13.1. The van der Waals surface area contributed by atoms with Gasteiger partial charge in [0.25, 0.3) is 0 Å². The molecular formula is C15H20N4O3. The third-order valence-corrected chi connectivity index (χ3v) is 4.18. The molecule has 1 unspecified atom stereocenters. The Morgan fingerprint density at radius 3 is 2.73 bits per heavy atom. The molecule has 1 saturated heterocycles. The maximum absolute atomic E-state index is 12.5. The number of hydrogen-bond donors (Lipinski definition) is 0. The van der Waals surface area contributed by atoms with Crippen molar-refractivity contribution in [3.63, 3.8) is 0 Å². The van der Waals surface area contributed by atoms with Crippen molar-refractivity contribution >= 4 is 5.91 Å². The van der Waals surface area contributed by atoms with Gasteiger partial charge in [-0.25, -0.2) is 0 Å². The van der Waals surface area contributed by atoms with Crippen LogP contribution >= 0.6 is 0 Å².